The highest BCUT2D eigenvalue weighted by molar-refractivity contribution is 6.25. The Kier molecular flexibility index (Phi) is 20.6. The van der Waals surface area contributed by atoms with E-state index >= 15 is 0 Å². The summed E-state index contributed by atoms with van der Waals surface area (Å²) in [6, 6.07) is 194. The molecule has 0 saturated carbocycles. The Morgan fingerprint density at radius 2 is 0.338 bits per heavy atom. The van der Waals surface area contributed by atoms with Crippen LogP contribution in [-0.2, 0) is 19.3 Å². The lowest BCUT2D eigenvalue weighted by molar-refractivity contribution is 1.31. The van der Waals surface area contributed by atoms with Crippen LogP contribution in [0, 0.1) is 0 Å². The number of allylic oxidation sites excluding steroid dienone is 3. The average molecular weight is 1760 g/mol. The van der Waals surface area contributed by atoms with Crippen LogP contribution in [0.1, 0.15) is 66.8 Å². The van der Waals surface area contributed by atoms with Crippen molar-refractivity contribution in [1.82, 2.24) is 0 Å². The molecular weight excluding hydrogens is 1670 g/mol. The molecule has 24 aromatic rings. The average Bonchev–Trinajstić information content (AvgIpc) is 1.57. The molecule has 0 N–H and O–H groups in total. The highest BCUT2D eigenvalue weighted by atomic mass is 14.3. The quantitative estimate of drug-likeness (QED) is 0.0898. The van der Waals surface area contributed by atoms with Crippen molar-refractivity contribution in [2.45, 2.75) is 19.3 Å². The molecule has 0 aromatic heterocycles. The van der Waals surface area contributed by atoms with E-state index in [1.54, 1.807) is 0 Å². The molecule has 0 amide bonds. The monoisotopic (exact) mass is 1760 g/mol. The molecule has 0 radical (unpaired) electrons. The molecule has 0 fully saturated rings. The maximum atomic E-state index is 2.46. The predicted octanol–water partition coefficient (Wildman–Crippen LogP) is 37.0. The summed E-state index contributed by atoms with van der Waals surface area (Å²) < 4.78 is 0. The first-order chi connectivity index (χ1) is 68.9. The van der Waals surface area contributed by atoms with Crippen molar-refractivity contribution < 1.29 is 0 Å². The van der Waals surface area contributed by atoms with Crippen LogP contribution in [0.2, 0.25) is 0 Å². The van der Waals surface area contributed by atoms with E-state index in [9.17, 15) is 0 Å². The predicted molar refractivity (Wildman–Crippen MR) is 592 cm³/mol. The van der Waals surface area contributed by atoms with E-state index in [0.29, 0.717) is 0 Å². The van der Waals surface area contributed by atoms with Crippen molar-refractivity contribution in [3.8, 4) is 100 Å². The van der Waals surface area contributed by atoms with Crippen molar-refractivity contribution in [3.05, 3.63) is 588 Å². The zero-order valence-electron chi connectivity index (χ0n) is 76.8. The summed E-state index contributed by atoms with van der Waals surface area (Å²) in [5.74, 6) is 0. The van der Waals surface area contributed by atoms with Gasteiger partial charge in [-0.2, -0.15) is 0 Å². The Hall–Kier alpha value is -17.7. The number of hydrogen-bond donors (Lipinski definition) is 0. The minimum absolute atomic E-state index is 0.902. The molecule has 3 aliphatic carbocycles. The summed E-state index contributed by atoms with van der Waals surface area (Å²) in [7, 11) is 0. The molecule has 0 nitrogen and oxygen atoms in total. The van der Waals surface area contributed by atoms with Gasteiger partial charge in [-0.1, -0.05) is 485 Å². The van der Waals surface area contributed by atoms with Crippen LogP contribution in [-0.4, -0.2) is 0 Å². The van der Waals surface area contributed by atoms with Crippen molar-refractivity contribution >= 4 is 109 Å². The van der Waals surface area contributed by atoms with E-state index in [1.807, 2.05) is 0 Å². The first-order valence-corrected chi connectivity index (χ1v) is 48.6. The van der Waals surface area contributed by atoms with E-state index in [4.69, 9.17) is 0 Å². The van der Waals surface area contributed by atoms with Crippen molar-refractivity contribution in [2.75, 3.05) is 0 Å². The fraction of sp³-hybridized carbons (Fsp3) is 0.0216. The van der Waals surface area contributed by atoms with Gasteiger partial charge in [0.2, 0.25) is 0 Å². The number of hydrogen-bond acceptors (Lipinski definition) is 0. The van der Waals surface area contributed by atoms with Crippen LogP contribution in [0.15, 0.2) is 522 Å². The molecule has 0 bridgehead atoms. The highest BCUT2D eigenvalue weighted by Crippen LogP contribution is 2.53. The molecule has 139 heavy (non-hydrogen) atoms. The first-order valence-electron chi connectivity index (χ1n) is 48.6. The Balaban J connectivity index is 0.000000165. The van der Waals surface area contributed by atoms with Crippen LogP contribution in [0.5, 0.6) is 0 Å². The summed E-state index contributed by atoms with van der Waals surface area (Å²) >= 11 is 0. The van der Waals surface area contributed by atoms with E-state index < -0.39 is 0 Å². The Labute approximate surface area is 810 Å². The Bertz CT molecular complexity index is 8700. The minimum atomic E-state index is 0.902. The van der Waals surface area contributed by atoms with E-state index in [2.05, 4.69) is 522 Å². The summed E-state index contributed by atoms with van der Waals surface area (Å²) in [5, 5.41) is 17.5. The van der Waals surface area contributed by atoms with Crippen molar-refractivity contribution in [3.63, 3.8) is 0 Å². The van der Waals surface area contributed by atoms with Gasteiger partial charge in [0.15, 0.2) is 0 Å². The summed E-state index contributed by atoms with van der Waals surface area (Å²) in [5.41, 5.74) is 46.0. The van der Waals surface area contributed by atoms with Crippen LogP contribution in [0.25, 0.3) is 209 Å². The zero-order chi connectivity index (χ0) is 91.8. The minimum Gasteiger partial charge on any atom is -0.0622 e. The maximum Gasteiger partial charge on any atom is -0.000706 e. The second kappa shape index (κ2) is 35.0. The van der Waals surface area contributed by atoms with Gasteiger partial charge < -0.3 is 0 Å². The molecule has 0 heterocycles. The van der Waals surface area contributed by atoms with Gasteiger partial charge in [-0.15, -0.1) is 0 Å². The largest absolute Gasteiger partial charge is 0.0622 e. The second-order valence-electron chi connectivity index (χ2n) is 37.4. The van der Waals surface area contributed by atoms with E-state index in [-0.39, 0.29) is 0 Å². The SMILES string of the molecule is c1ccc(C2=C(c3ccc(-c4c5ccccc5c(-c5ccc6ccccc6c5)c5ccccc45)cc3)Cc3ccc(-c4ccccc4)cc32)cc1.c1ccc(C2=C(c3ccccc3)c3ccc(-c4ccc(-c5ccc6c(-c7ccc8ccccc8c7)c7cc(-c8ccc(-c9ccc%10c(c9)CC(c9ccccc9)=C%10c9ccccc9)cc8)ccc7c(-c7ccc8ccccc8c7)c6c5)cc4)cc3C2)cc1. The standard InChI is InChI=1S/C88H58.C51H34/c1-5-19-63(20-6-1)81-55-75-51-69(41-45-77(75)85(81)65-23-9-3-10-24-65)59-29-33-61(34-30-59)71-43-47-79-83(53-71)87(73-39-37-57-17-13-15-27-67(57)49-73)80-48-44-72(54-84(80)88(79)74-40-38-58-18-14-16-28-68(58)50-74)62-35-31-60(32-36-62)70-42-46-78-76(52-70)56-82(64-21-7-2-8-22-64)86(78)66-25-11-4-12-26-66;1-3-13-34(14-4-1)40-28-29-41-33-47(50(48(41)32-40)37-16-5-2-6-17-37)36-24-26-38(27-25-36)49-43-19-9-11-21-45(43)51(46-22-12-10-20-44(46)49)42-30-23-35-15-7-8-18-39(35)31-42/h1-54H,55-56H2;1-32H,33H2. The molecule has 24 aromatic carbocycles. The smallest absolute Gasteiger partial charge is 0.000706 e. The molecule has 27 rings (SSSR count). The molecular formula is C139H92. The fourth-order valence-electron chi connectivity index (χ4n) is 22.8. The van der Waals surface area contributed by atoms with Gasteiger partial charge in [-0.05, 0) is 331 Å². The molecule has 0 atom stereocenters. The lowest BCUT2D eigenvalue weighted by Gasteiger charge is -2.20. The van der Waals surface area contributed by atoms with Gasteiger partial charge in [0.1, 0.15) is 0 Å². The van der Waals surface area contributed by atoms with Gasteiger partial charge in [-0.3, -0.25) is 0 Å². The van der Waals surface area contributed by atoms with Gasteiger partial charge in [0.25, 0.3) is 0 Å². The summed E-state index contributed by atoms with van der Waals surface area (Å²) in [4.78, 5) is 0. The molecule has 648 valence electrons. The Morgan fingerprint density at radius 1 is 0.108 bits per heavy atom. The van der Waals surface area contributed by atoms with Crippen molar-refractivity contribution in [2.24, 2.45) is 0 Å². The number of rotatable bonds is 15. The molecule has 3 aliphatic rings. The maximum absolute atomic E-state index is 2.46. The van der Waals surface area contributed by atoms with E-state index in [1.165, 1.54) is 276 Å². The van der Waals surface area contributed by atoms with Gasteiger partial charge >= 0.3 is 0 Å². The summed E-state index contributed by atoms with van der Waals surface area (Å²) in [6.45, 7) is 0. The molecule has 0 aliphatic heterocycles. The van der Waals surface area contributed by atoms with Crippen molar-refractivity contribution in [1.29, 1.82) is 0 Å². The summed E-state index contributed by atoms with van der Waals surface area (Å²) in [6.07, 6.45) is 2.72. The van der Waals surface area contributed by atoms with E-state index in [0.717, 1.165) is 19.3 Å². The van der Waals surface area contributed by atoms with Gasteiger partial charge in [-0.25, -0.2) is 0 Å². The lowest BCUT2D eigenvalue weighted by Crippen LogP contribution is -1.93. The fourth-order valence-corrected chi connectivity index (χ4v) is 22.8. The Morgan fingerprint density at radius 3 is 0.712 bits per heavy atom. The topological polar surface area (TPSA) is 0 Å². The molecule has 0 saturated heterocycles. The molecule has 0 spiro atoms. The normalized spacial score (nSPS) is 12.7. The van der Waals surface area contributed by atoms with Gasteiger partial charge in [0.05, 0.1) is 0 Å². The number of benzene rings is 24. The zero-order valence-corrected chi connectivity index (χ0v) is 76.8. The van der Waals surface area contributed by atoms with Gasteiger partial charge in [0, 0.05) is 0 Å². The van der Waals surface area contributed by atoms with Crippen LogP contribution >= 0.6 is 0 Å². The van der Waals surface area contributed by atoms with Crippen LogP contribution < -0.4 is 0 Å². The number of fused-ring (bicyclic) bond motifs is 10. The third-order valence-electron chi connectivity index (χ3n) is 29.5. The molecule has 0 heteroatoms. The highest BCUT2D eigenvalue weighted by Gasteiger charge is 2.30. The molecule has 0 unspecified atom stereocenters. The lowest BCUT2D eigenvalue weighted by atomic mass is 9.83. The second-order valence-corrected chi connectivity index (χ2v) is 37.4. The third-order valence-corrected chi connectivity index (χ3v) is 29.5. The first kappa shape index (κ1) is 82.0. The third kappa shape index (κ3) is 15.0. The van der Waals surface area contributed by atoms with Crippen LogP contribution in [0.3, 0.4) is 0 Å². The van der Waals surface area contributed by atoms with Crippen LogP contribution in [0.4, 0.5) is 0 Å².